The molecule has 0 unspecified atom stereocenters. The lowest BCUT2D eigenvalue weighted by Gasteiger charge is -2.18. The van der Waals surface area contributed by atoms with Crippen molar-refractivity contribution in [2.24, 2.45) is 0 Å². The predicted octanol–water partition coefficient (Wildman–Crippen LogP) is 6.38. The molecule has 4 aromatic rings. The first-order valence-corrected chi connectivity index (χ1v) is 13.8. The fourth-order valence-electron chi connectivity index (χ4n) is 4.40. The lowest BCUT2D eigenvalue weighted by molar-refractivity contribution is -0.118. The van der Waals surface area contributed by atoms with Crippen molar-refractivity contribution in [3.05, 3.63) is 120 Å². The van der Waals surface area contributed by atoms with Crippen LogP contribution in [-0.2, 0) is 9.59 Å². The van der Waals surface area contributed by atoms with Gasteiger partial charge in [0.15, 0.2) is 0 Å². The summed E-state index contributed by atoms with van der Waals surface area (Å²) in [7, 11) is 3.42. The van der Waals surface area contributed by atoms with Crippen molar-refractivity contribution in [2.75, 3.05) is 34.5 Å². The summed E-state index contributed by atoms with van der Waals surface area (Å²) in [6.07, 6.45) is 1.53. The molecule has 4 amide bonds. The van der Waals surface area contributed by atoms with Gasteiger partial charge in [0.2, 0.25) is 11.8 Å². The summed E-state index contributed by atoms with van der Waals surface area (Å²) in [4.78, 5) is 53.9. The number of benzene rings is 4. The van der Waals surface area contributed by atoms with Crippen molar-refractivity contribution in [1.29, 1.82) is 0 Å². The van der Waals surface area contributed by atoms with E-state index >= 15 is 0 Å². The van der Waals surface area contributed by atoms with Gasteiger partial charge >= 0.3 is 0 Å². The van der Waals surface area contributed by atoms with Crippen LogP contribution in [-0.4, -0.2) is 37.7 Å². The molecule has 0 radical (unpaired) electrons. The van der Waals surface area contributed by atoms with Gasteiger partial charge in [-0.05, 0) is 73.5 Å². The minimum atomic E-state index is -0.190. The Morgan fingerprint density at radius 1 is 0.524 bits per heavy atom. The van der Waals surface area contributed by atoms with Crippen molar-refractivity contribution < 1.29 is 19.2 Å². The lowest BCUT2D eigenvalue weighted by atomic mass is 10.1. The van der Waals surface area contributed by atoms with E-state index in [9.17, 15) is 19.2 Å². The number of hydrogen-bond acceptors (Lipinski definition) is 4. The van der Waals surface area contributed by atoms with E-state index in [0.29, 0.717) is 35.3 Å². The number of anilines is 4. The van der Waals surface area contributed by atoms with E-state index in [-0.39, 0.29) is 36.5 Å². The highest BCUT2D eigenvalue weighted by molar-refractivity contribution is 6.07. The van der Waals surface area contributed by atoms with Crippen LogP contribution in [0, 0.1) is 0 Å². The van der Waals surface area contributed by atoms with Crippen LogP contribution in [0.5, 0.6) is 0 Å². The normalized spacial score (nSPS) is 10.4. The fourth-order valence-corrected chi connectivity index (χ4v) is 4.40. The highest BCUT2D eigenvalue weighted by Gasteiger charge is 2.16. The molecule has 42 heavy (non-hydrogen) atoms. The third kappa shape index (κ3) is 8.14. The van der Waals surface area contributed by atoms with Crippen LogP contribution in [0.15, 0.2) is 109 Å². The largest absolute Gasteiger partial charge is 0.326 e. The van der Waals surface area contributed by atoms with Crippen molar-refractivity contribution in [2.45, 2.75) is 25.7 Å². The Morgan fingerprint density at radius 3 is 1.29 bits per heavy atom. The Balaban J connectivity index is 1.21. The van der Waals surface area contributed by atoms with Gasteiger partial charge in [0.1, 0.15) is 0 Å². The van der Waals surface area contributed by atoms with Crippen molar-refractivity contribution in [3.63, 3.8) is 0 Å². The number of nitrogens with zero attached hydrogens (tertiary/aromatic N) is 2. The third-order valence-corrected chi connectivity index (χ3v) is 6.74. The Bertz CT molecular complexity index is 1420. The summed E-state index contributed by atoms with van der Waals surface area (Å²) < 4.78 is 0. The fraction of sp³-hybridized carbons (Fsp3) is 0.176. The predicted molar refractivity (Wildman–Crippen MR) is 167 cm³/mol. The second-order valence-corrected chi connectivity index (χ2v) is 9.86. The van der Waals surface area contributed by atoms with Crippen molar-refractivity contribution in [1.82, 2.24) is 0 Å². The molecule has 4 aromatic carbocycles. The van der Waals surface area contributed by atoms with Crippen LogP contribution in [0.3, 0.4) is 0 Å². The van der Waals surface area contributed by atoms with Crippen molar-refractivity contribution >= 4 is 46.4 Å². The maximum absolute atomic E-state index is 12.9. The number of carbonyl (C=O) groups excluding carboxylic acids is 4. The highest BCUT2D eigenvalue weighted by Crippen LogP contribution is 2.19. The standard InChI is InChI=1S/C34H34N4O4/c1-37(29-17-5-3-6-18-29)33(41)25-13-11-15-27(23-25)35-31(39)21-9-10-22-32(40)36-28-16-12-14-26(24-28)34(42)38(2)30-19-7-4-8-20-30/h3-8,11-20,23-24H,9-10,21-22H2,1-2H3,(H,35,39)(H,36,40). The zero-order valence-electron chi connectivity index (χ0n) is 23.7. The summed E-state index contributed by atoms with van der Waals surface area (Å²) in [6.45, 7) is 0. The number of amides is 4. The Morgan fingerprint density at radius 2 is 0.905 bits per heavy atom. The van der Waals surface area contributed by atoms with Crippen LogP contribution in [0.1, 0.15) is 46.4 Å². The van der Waals surface area contributed by atoms with Crippen molar-refractivity contribution in [3.8, 4) is 0 Å². The number of hydrogen-bond donors (Lipinski definition) is 2. The van der Waals surface area contributed by atoms with Crippen LogP contribution in [0.25, 0.3) is 0 Å². The van der Waals surface area contributed by atoms with E-state index < -0.39 is 0 Å². The molecule has 214 valence electrons. The van der Waals surface area contributed by atoms with Gasteiger partial charge in [-0.25, -0.2) is 0 Å². The Labute approximate surface area is 246 Å². The smallest absolute Gasteiger partial charge is 0.258 e. The van der Waals surface area contributed by atoms with E-state index in [1.807, 2.05) is 60.7 Å². The van der Waals surface area contributed by atoms with E-state index in [1.165, 1.54) is 0 Å². The van der Waals surface area contributed by atoms with Gasteiger partial charge in [0.05, 0.1) is 0 Å². The van der Waals surface area contributed by atoms with Crippen LogP contribution in [0.2, 0.25) is 0 Å². The molecule has 0 atom stereocenters. The van der Waals surface area contributed by atoms with E-state index in [0.717, 1.165) is 11.4 Å². The minimum Gasteiger partial charge on any atom is -0.326 e. The summed E-state index contributed by atoms with van der Waals surface area (Å²) in [5.74, 6) is -0.738. The Hall–Kier alpha value is -5.24. The van der Waals surface area contributed by atoms with E-state index in [2.05, 4.69) is 10.6 Å². The first-order chi connectivity index (χ1) is 20.3. The summed E-state index contributed by atoms with van der Waals surface area (Å²) >= 11 is 0. The summed E-state index contributed by atoms with van der Waals surface area (Å²) in [5, 5.41) is 5.67. The monoisotopic (exact) mass is 562 g/mol. The molecular formula is C34H34N4O4. The van der Waals surface area contributed by atoms with E-state index in [4.69, 9.17) is 0 Å². The average Bonchev–Trinajstić information content (AvgIpc) is 3.02. The highest BCUT2D eigenvalue weighted by atomic mass is 16.2. The first kappa shape index (κ1) is 29.7. The van der Waals surface area contributed by atoms with Gasteiger partial charge in [-0.2, -0.15) is 0 Å². The molecule has 0 fully saturated rings. The maximum Gasteiger partial charge on any atom is 0.258 e. The van der Waals surface area contributed by atoms with Gasteiger partial charge in [-0.15, -0.1) is 0 Å². The minimum absolute atomic E-state index is 0.179. The number of para-hydroxylation sites is 2. The molecule has 0 heterocycles. The topological polar surface area (TPSA) is 98.8 Å². The molecule has 4 rings (SSSR count). The zero-order chi connectivity index (χ0) is 29.9. The lowest BCUT2D eigenvalue weighted by Crippen LogP contribution is -2.26. The van der Waals surface area contributed by atoms with Crippen LogP contribution >= 0.6 is 0 Å². The number of rotatable bonds is 11. The Kier molecular flexibility index (Phi) is 10.2. The molecule has 2 N–H and O–H groups in total. The summed E-state index contributed by atoms with van der Waals surface area (Å²) in [5.41, 5.74) is 3.56. The molecule has 0 spiro atoms. The molecule has 0 aliphatic rings. The average molecular weight is 563 g/mol. The quantitative estimate of drug-likeness (QED) is 0.207. The zero-order valence-corrected chi connectivity index (χ0v) is 23.7. The van der Waals surface area contributed by atoms with E-state index in [1.54, 1.807) is 72.4 Å². The van der Waals surface area contributed by atoms with Gasteiger partial charge in [-0.3, -0.25) is 19.2 Å². The molecule has 0 aliphatic carbocycles. The molecule has 0 aromatic heterocycles. The third-order valence-electron chi connectivity index (χ3n) is 6.74. The maximum atomic E-state index is 12.9. The second kappa shape index (κ2) is 14.4. The van der Waals surface area contributed by atoms with Gasteiger partial charge in [0, 0.05) is 60.8 Å². The van der Waals surface area contributed by atoms with Gasteiger partial charge in [-0.1, -0.05) is 48.5 Å². The number of carbonyl (C=O) groups is 4. The first-order valence-electron chi connectivity index (χ1n) is 13.8. The molecule has 8 nitrogen and oxygen atoms in total. The van der Waals surface area contributed by atoms with Gasteiger partial charge in [0.25, 0.3) is 11.8 Å². The SMILES string of the molecule is CN(C(=O)c1cccc(NC(=O)CCCCC(=O)Nc2cccc(C(=O)N(C)c3ccccc3)c2)c1)c1ccccc1. The number of nitrogens with one attached hydrogen (secondary N) is 2. The molecule has 0 bridgehead atoms. The van der Waals surface area contributed by atoms with Crippen LogP contribution < -0.4 is 20.4 Å². The molecule has 0 aliphatic heterocycles. The van der Waals surface area contributed by atoms with Crippen LogP contribution in [0.4, 0.5) is 22.7 Å². The second-order valence-electron chi connectivity index (χ2n) is 9.86. The summed E-state index contributed by atoms with van der Waals surface area (Å²) in [6, 6.07) is 32.3. The molecule has 8 heteroatoms. The molecule has 0 saturated carbocycles. The molecule has 0 saturated heterocycles. The molecular weight excluding hydrogens is 528 g/mol. The number of unbranched alkanes of at least 4 members (excludes halogenated alkanes) is 1. The van der Waals surface area contributed by atoms with Gasteiger partial charge < -0.3 is 20.4 Å².